The molecule has 0 saturated heterocycles. The lowest BCUT2D eigenvalue weighted by molar-refractivity contribution is 0.585. The highest BCUT2D eigenvalue weighted by Gasteiger charge is 2.40. The van der Waals surface area contributed by atoms with Crippen molar-refractivity contribution in [1.82, 2.24) is 13.5 Å². The van der Waals surface area contributed by atoms with Gasteiger partial charge in [0, 0.05) is 10.5 Å². The van der Waals surface area contributed by atoms with Gasteiger partial charge in [-0.2, -0.15) is 3.97 Å². The van der Waals surface area contributed by atoms with Gasteiger partial charge in [-0.15, -0.1) is 0 Å². The molecule has 1 fully saturated rings. The number of halogens is 3. The zero-order valence-corrected chi connectivity index (χ0v) is 17.1. The summed E-state index contributed by atoms with van der Waals surface area (Å²) in [6, 6.07) is 5.98. The molecule has 1 aliphatic carbocycles. The lowest BCUT2D eigenvalue weighted by Gasteiger charge is -2.07. The molecule has 1 saturated carbocycles. The zero-order chi connectivity index (χ0) is 19.8. The quantitative estimate of drug-likeness (QED) is 0.439. The summed E-state index contributed by atoms with van der Waals surface area (Å²) in [6.07, 6.45) is 1.96. The van der Waals surface area contributed by atoms with Crippen molar-refractivity contribution in [2.24, 2.45) is 0 Å². The molecule has 11 heteroatoms. The third-order valence-corrected chi connectivity index (χ3v) is 7.65. The fourth-order valence-corrected chi connectivity index (χ4v) is 5.74. The van der Waals surface area contributed by atoms with E-state index in [0.717, 1.165) is 11.0 Å². The van der Waals surface area contributed by atoms with Crippen LogP contribution in [-0.4, -0.2) is 27.2 Å². The van der Waals surface area contributed by atoms with E-state index in [4.69, 9.17) is 16.0 Å². The molecule has 0 amide bonds. The molecule has 0 N–H and O–H groups in total. The van der Waals surface area contributed by atoms with Crippen LogP contribution in [0.15, 0.2) is 44.3 Å². The Kier molecular flexibility index (Phi) is 3.78. The van der Waals surface area contributed by atoms with E-state index in [2.05, 4.69) is 20.9 Å². The van der Waals surface area contributed by atoms with E-state index < -0.39 is 26.8 Å². The van der Waals surface area contributed by atoms with Gasteiger partial charge in [0.05, 0.1) is 21.5 Å². The van der Waals surface area contributed by atoms with Gasteiger partial charge in [-0.1, -0.05) is 27.5 Å². The number of benzene rings is 2. The smallest absolute Gasteiger partial charge is 0.347 e. The molecular weight excluding hydrogens is 477 g/mol. The summed E-state index contributed by atoms with van der Waals surface area (Å²) in [7, 11) is -4.00. The maximum absolute atomic E-state index is 15.3. The van der Waals surface area contributed by atoms with Crippen LogP contribution in [-0.2, 0) is 10.0 Å². The van der Waals surface area contributed by atoms with Gasteiger partial charge in [0.15, 0.2) is 17.8 Å². The standard InChI is InChI=1S/C17H10BrClFN3O4S/c18-8-1-4-11(10(19)5-8)22-16-12(6-13-15(14(16)20)21-7-27-13)23(17(22)24)28(25,26)9-2-3-9/h1,4-7,9H,2-3H2. The Balaban J connectivity index is 2.00. The molecule has 0 unspecified atom stereocenters. The van der Waals surface area contributed by atoms with E-state index in [1.165, 1.54) is 18.2 Å². The fraction of sp³-hybridized carbons (Fsp3) is 0.176. The van der Waals surface area contributed by atoms with Crippen LogP contribution in [0, 0.1) is 5.82 Å². The summed E-state index contributed by atoms with van der Waals surface area (Å²) in [6.45, 7) is 0. The molecule has 0 spiro atoms. The number of oxazole rings is 1. The first-order chi connectivity index (χ1) is 13.3. The molecule has 4 aromatic rings. The summed E-state index contributed by atoms with van der Waals surface area (Å²) in [4.78, 5) is 17.0. The minimum atomic E-state index is -4.00. The third kappa shape index (κ3) is 2.41. The van der Waals surface area contributed by atoms with Gasteiger partial charge >= 0.3 is 5.69 Å². The molecule has 2 aromatic carbocycles. The summed E-state index contributed by atoms with van der Waals surface area (Å²) in [5.74, 6) is -0.859. The van der Waals surface area contributed by atoms with Crippen LogP contribution in [0.25, 0.3) is 27.8 Å². The molecule has 2 heterocycles. The Morgan fingerprint density at radius 2 is 2.04 bits per heavy atom. The molecule has 5 rings (SSSR count). The number of hydrogen-bond donors (Lipinski definition) is 0. The Morgan fingerprint density at radius 3 is 2.71 bits per heavy atom. The van der Waals surface area contributed by atoms with Crippen LogP contribution in [0.3, 0.4) is 0 Å². The van der Waals surface area contributed by atoms with Crippen LogP contribution in [0.1, 0.15) is 12.8 Å². The van der Waals surface area contributed by atoms with E-state index in [9.17, 15) is 13.2 Å². The second-order valence-electron chi connectivity index (χ2n) is 6.48. The average Bonchev–Trinajstić information content (AvgIpc) is 3.32. The van der Waals surface area contributed by atoms with Gasteiger partial charge in [-0.05, 0) is 31.0 Å². The highest BCUT2D eigenvalue weighted by atomic mass is 79.9. The molecule has 144 valence electrons. The first-order valence-electron chi connectivity index (χ1n) is 8.19. The monoisotopic (exact) mass is 485 g/mol. The minimum absolute atomic E-state index is 0.0452. The van der Waals surface area contributed by atoms with Crippen molar-refractivity contribution < 1.29 is 17.2 Å². The molecule has 2 aromatic heterocycles. The van der Waals surface area contributed by atoms with E-state index in [1.54, 1.807) is 6.07 Å². The van der Waals surface area contributed by atoms with Gasteiger partial charge in [0.1, 0.15) is 11.0 Å². The zero-order valence-electron chi connectivity index (χ0n) is 13.9. The Labute approximate surface area is 170 Å². The topological polar surface area (TPSA) is 87.1 Å². The van der Waals surface area contributed by atoms with Crippen LogP contribution >= 0.6 is 27.5 Å². The number of rotatable bonds is 3. The first-order valence-corrected chi connectivity index (χ1v) is 10.9. The summed E-state index contributed by atoms with van der Waals surface area (Å²) in [5.41, 5.74) is -1.15. The summed E-state index contributed by atoms with van der Waals surface area (Å²) < 4.78 is 48.6. The van der Waals surface area contributed by atoms with E-state index in [-0.39, 0.29) is 32.8 Å². The maximum Gasteiger partial charge on any atom is 0.347 e. The second kappa shape index (κ2) is 5.91. The Hall–Kier alpha value is -2.17. The number of aromatic nitrogens is 3. The van der Waals surface area contributed by atoms with Crippen molar-refractivity contribution in [2.75, 3.05) is 0 Å². The van der Waals surface area contributed by atoms with Gasteiger partial charge in [-0.25, -0.2) is 22.6 Å². The molecule has 1 aliphatic rings. The van der Waals surface area contributed by atoms with E-state index in [0.29, 0.717) is 21.3 Å². The molecule has 0 aliphatic heterocycles. The van der Waals surface area contributed by atoms with Crippen molar-refractivity contribution in [2.45, 2.75) is 18.1 Å². The number of fused-ring (bicyclic) bond motifs is 2. The minimum Gasteiger partial charge on any atom is -0.443 e. The van der Waals surface area contributed by atoms with Gasteiger partial charge < -0.3 is 4.42 Å². The van der Waals surface area contributed by atoms with E-state index >= 15 is 4.39 Å². The fourth-order valence-electron chi connectivity index (χ4n) is 3.24. The maximum atomic E-state index is 15.3. The van der Waals surface area contributed by atoms with Crippen molar-refractivity contribution in [3.05, 3.63) is 56.5 Å². The Bertz CT molecular complexity index is 1450. The van der Waals surface area contributed by atoms with Crippen molar-refractivity contribution in [3.63, 3.8) is 0 Å². The molecule has 0 atom stereocenters. The first kappa shape index (κ1) is 17.9. The van der Waals surface area contributed by atoms with Crippen molar-refractivity contribution in [1.29, 1.82) is 0 Å². The molecule has 28 heavy (non-hydrogen) atoms. The van der Waals surface area contributed by atoms with Crippen molar-refractivity contribution >= 4 is 59.7 Å². The lowest BCUT2D eigenvalue weighted by Crippen LogP contribution is -2.31. The highest BCUT2D eigenvalue weighted by Crippen LogP contribution is 2.35. The van der Waals surface area contributed by atoms with Gasteiger partial charge in [0.2, 0.25) is 10.0 Å². The van der Waals surface area contributed by atoms with Crippen LogP contribution in [0.5, 0.6) is 0 Å². The largest absolute Gasteiger partial charge is 0.443 e. The predicted molar refractivity (Wildman–Crippen MR) is 105 cm³/mol. The number of imidazole rings is 1. The molecular formula is C17H10BrClFN3O4S. The van der Waals surface area contributed by atoms with Crippen LogP contribution < -0.4 is 5.69 Å². The normalized spacial score (nSPS) is 15.0. The molecule has 0 radical (unpaired) electrons. The van der Waals surface area contributed by atoms with Gasteiger partial charge in [0.25, 0.3) is 0 Å². The van der Waals surface area contributed by atoms with E-state index in [1.807, 2.05) is 0 Å². The van der Waals surface area contributed by atoms with Crippen LogP contribution in [0.2, 0.25) is 5.02 Å². The number of nitrogens with zero attached hydrogens (tertiary/aromatic N) is 3. The Morgan fingerprint density at radius 1 is 1.29 bits per heavy atom. The predicted octanol–water partition coefficient (Wildman–Crippen LogP) is 3.83. The lowest BCUT2D eigenvalue weighted by atomic mass is 10.2. The van der Waals surface area contributed by atoms with Gasteiger partial charge in [-0.3, -0.25) is 4.57 Å². The average molecular weight is 487 g/mol. The molecule has 0 bridgehead atoms. The van der Waals surface area contributed by atoms with Crippen molar-refractivity contribution in [3.8, 4) is 5.69 Å². The SMILES string of the molecule is O=c1n(-c2ccc(Br)cc2Cl)c2c(F)c3ncoc3cc2n1S(=O)(=O)C1CC1. The second-order valence-corrected chi connectivity index (χ2v) is 9.86. The summed E-state index contributed by atoms with van der Waals surface area (Å²) in [5, 5.41) is -0.517. The number of hydrogen-bond acceptors (Lipinski definition) is 5. The summed E-state index contributed by atoms with van der Waals surface area (Å²) >= 11 is 9.55. The van der Waals surface area contributed by atoms with Crippen LogP contribution in [0.4, 0.5) is 4.39 Å². The third-order valence-electron chi connectivity index (χ3n) is 4.68. The molecule has 7 nitrogen and oxygen atoms in total. The highest BCUT2D eigenvalue weighted by molar-refractivity contribution is 9.10.